The van der Waals surface area contributed by atoms with Crippen LogP contribution in [-0.4, -0.2) is 26.7 Å². The number of anilines is 1. The molecule has 1 aromatic carbocycles. The van der Waals surface area contributed by atoms with Crippen molar-refractivity contribution in [3.8, 4) is 0 Å². The van der Waals surface area contributed by atoms with E-state index in [1.165, 1.54) is 6.07 Å². The first-order chi connectivity index (χ1) is 9.30. The van der Waals surface area contributed by atoms with Gasteiger partial charge in [-0.3, -0.25) is 0 Å². The number of nitrogens with two attached hydrogens (primary N) is 1. The number of nitrogen functional groups attached to an aromatic ring is 1. The van der Waals surface area contributed by atoms with Gasteiger partial charge in [0.2, 0.25) is 10.0 Å². The van der Waals surface area contributed by atoms with Crippen LogP contribution >= 0.6 is 11.6 Å². The van der Waals surface area contributed by atoms with E-state index < -0.39 is 10.0 Å². The Hall–Kier alpha value is -0.820. The number of sulfonamides is 1. The maximum absolute atomic E-state index is 12.3. The van der Waals surface area contributed by atoms with E-state index in [4.69, 9.17) is 22.4 Å². The number of aryl methyl sites for hydroxylation is 1. The fourth-order valence-electron chi connectivity index (χ4n) is 2.21. The molecule has 0 radical (unpaired) electrons. The summed E-state index contributed by atoms with van der Waals surface area (Å²) in [7, 11) is -3.61. The average Bonchev–Trinajstić information content (AvgIpc) is 3.12. The molecule has 2 rings (SSSR count). The third kappa shape index (κ3) is 3.25. The standard InChI is InChI=1S/C13H19ClN2O3S/c1-9-6-10(14)11(15)7-12(9)20(18,19)16-8-13(2-3-13)4-5-17/h6-7,16-17H,2-5,8,15H2,1H3. The van der Waals surface area contributed by atoms with Crippen molar-refractivity contribution in [2.24, 2.45) is 5.41 Å². The van der Waals surface area contributed by atoms with Gasteiger partial charge in [-0.15, -0.1) is 0 Å². The van der Waals surface area contributed by atoms with E-state index in [1.807, 2.05) is 0 Å². The first-order valence-corrected chi connectivity index (χ1v) is 8.32. The highest BCUT2D eigenvalue weighted by Crippen LogP contribution is 2.48. The molecule has 0 aromatic heterocycles. The summed E-state index contributed by atoms with van der Waals surface area (Å²) in [4.78, 5) is 0.152. The van der Waals surface area contributed by atoms with Crippen LogP contribution in [0.3, 0.4) is 0 Å². The molecular formula is C13H19ClN2O3S. The molecule has 20 heavy (non-hydrogen) atoms. The fourth-order valence-corrected chi connectivity index (χ4v) is 3.85. The Morgan fingerprint density at radius 3 is 2.65 bits per heavy atom. The minimum Gasteiger partial charge on any atom is -0.397 e. The van der Waals surface area contributed by atoms with E-state index in [-0.39, 0.29) is 22.6 Å². The summed E-state index contributed by atoms with van der Waals surface area (Å²) in [5.74, 6) is 0. The average molecular weight is 319 g/mol. The van der Waals surface area contributed by atoms with E-state index in [0.29, 0.717) is 23.6 Å². The molecule has 1 aliphatic carbocycles. The predicted molar refractivity (Wildman–Crippen MR) is 79.2 cm³/mol. The molecule has 1 aliphatic rings. The van der Waals surface area contributed by atoms with Crippen molar-refractivity contribution in [2.75, 3.05) is 18.9 Å². The van der Waals surface area contributed by atoms with Crippen molar-refractivity contribution >= 4 is 27.3 Å². The molecule has 0 spiro atoms. The number of benzene rings is 1. The molecule has 0 atom stereocenters. The topological polar surface area (TPSA) is 92.4 Å². The smallest absolute Gasteiger partial charge is 0.240 e. The SMILES string of the molecule is Cc1cc(Cl)c(N)cc1S(=O)(=O)NCC1(CCO)CC1. The monoisotopic (exact) mass is 318 g/mol. The molecule has 0 aliphatic heterocycles. The van der Waals surface area contributed by atoms with Crippen LogP contribution in [0.25, 0.3) is 0 Å². The lowest BCUT2D eigenvalue weighted by atomic mass is 10.0. The first kappa shape index (κ1) is 15.6. The summed E-state index contributed by atoms with van der Waals surface area (Å²) in [5, 5.41) is 9.34. The number of hydrogen-bond acceptors (Lipinski definition) is 4. The largest absolute Gasteiger partial charge is 0.397 e. The van der Waals surface area contributed by atoms with Gasteiger partial charge in [0.05, 0.1) is 15.6 Å². The van der Waals surface area contributed by atoms with Crippen LogP contribution in [-0.2, 0) is 10.0 Å². The zero-order valence-electron chi connectivity index (χ0n) is 11.3. The molecule has 1 fully saturated rings. The molecule has 0 unspecified atom stereocenters. The Labute approximate surface area is 124 Å². The van der Waals surface area contributed by atoms with E-state index >= 15 is 0 Å². The third-order valence-corrected chi connectivity index (χ3v) is 5.69. The Bertz CT molecular complexity index is 612. The molecule has 7 heteroatoms. The van der Waals surface area contributed by atoms with Crippen LogP contribution in [0, 0.1) is 12.3 Å². The van der Waals surface area contributed by atoms with Crippen molar-refractivity contribution in [2.45, 2.75) is 31.1 Å². The molecule has 0 amide bonds. The Balaban J connectivity index is 2.17. The highest BCUT2D eigenvalue weighted by Gasteiger charge is 2.42. The van der Waals surface area contributed by atoms with E-state index in [2.05, 4.69) is 4.72 Å². The van der Waals surface area contributed by atoms with Crippen molar-refractivity contribution in [3.63, 3.8) is 0 Å². The molecule has 0 bridgehead atoms. The van der Waals surface area contributed by atoms with E-state index in [0.717, 1.165) is 12.8 Å². The second-order valence-electron chi connectivity index (χ2n) is 5.44. The van der Waals surface area contributed by atoms with Crippen LogP contribution in [0.5, 0.6) is 0 Å². The normalized spacial score (nSPS) is 17.1. The van der Waals surface area contributed by atoms with Gasteiger partial charge in [-0.1, -0.05) is 11.6 Å². The molecule has 4 N–H and O–H groups in total. The fraction of sp³-hybridized carbons (Fsp3) is 0.538. The summed E-state index contributed by atoms with van der Waals surface area (Å²) < 4.78 is 27.3. The van der Waals surface area contributed by atoms with Gasteiger partial charge in [0, 0.05) is 13.2 Å². The molecule has 112 valence electrons. The number of hydrogen-bond donors (Lipinski definition) is 3. The molecule has 1 saturated carbocycles. The zero-order valence-corrected chi connectivity index (χ0v) is 12.9. The number of aliphatic hydroxyl groups excluding tert-OH is 1. The molecule has 0 saturated heterocycles. The summed E-state index contributed by atoms with van der Waals surface area (Å²) in [6, 6.07) is 2.93. The first-order valence-electron chi connectivity index (χ1n) is 6.46. The van der Waals surface area contributed by atoms with Gasteiger partial charge >= 0.3 is 0 Å². The highest BCUT2D eigenvalue weighted by atomic mass is 35.5. The summed E-state index contributed by atoms with van der Waals surface area (Å²) in [6.45, 7) is 2.10. The predicted octanol–water partition coefficient (Wildman–Crippen LogP) is 1.67. The Morgan fingerprint density at radius 1 is 1.45 bits per heavy atom. The highest BCUT2D eigenvalue weighted by molar-refractivity contribution is 7.89. The van der Waals surface area contributed by atoms with Crippen LogP contribution in [0.4, 0.5) is 5.69 Å². The van der Waals surface area contributed by atoms with Gasteiger partial charge in [0.1, 0.15) is 0 Å². The lowest BCUT2D eigenvalue weighted by Gasteiger charge is -2.16. The van der Waals surface area contributed by atoms with Gasteiger partial charge in [-0.25, -0.2) is 13.1 Å². The minimum absolute atomic E-state index is 0.0757. The third-order valence-electron chi connectivity index (χ3n) is 3.82. The Morgan fingerprint density at radius 2 is 2.10 bits per heavy atom. The molecule has 0 heterocycles. The maximum atomic E-state index is 12.3. The number of halogens is 1. The number of aliphatic hydroxyl groups is 1. The lowest BCUT2D eigenvalue weighted by molar-refractivity contribution is 0.249. The van der Waals surface area contributed by atoms with E-state index in [9.17, 15) is 8.42 Å². The van der Waals surface area contributed by atoms with Gasteiger partial charge in [-0.05, 0) is 49.3 Å². The van der Waals surface area contributed by atoms with Crippen LogP contribution in [0.1, 0.15) is 24.8 Å². The zero-order chi connectivity index (χ0) is 15.0. The van der Waals surface area contributed by atoms with Crippen molar-refractivity contribution in [1.29, 1.82) is 0 Å². The van der Waals surface area contributed by atoms with E-state index in [1.54, 1.807) is 13.0 Å². The van der Waals surface area contributed by atoms with Crippen LogP contribution in [0.2, 0.25) is 5.02 Å². The van der Waals surface area contributed by atoms with Crippen LogP contribution < -0.4 is 10.5 Å². The maximum Gasteiger partial charge on any atom is 0.240 e. The summed E-state index contributed by atoms with van der Waals surface area (Å²) in [5.41, 5.74) is 6.40. The van der Waals surface area contributed by atoms with Crippen molar-refractivity contribution in [3.05, 3.63) is 22.7 Å². The van der Waals surface area contributed by atoms with Crippen LogP contribution in [0.15, 0.2) is 17.0 Å². The van der Waals surface area contributed by atoms with Gasteiger partial charge in [0.15, 0.2) is 0 Å². The Kier molecular flexibility index (Phi) is 4.30. The minimum atomic E-state index is -3.61. The van der Waals surface area contributed by atoms with Gasteiger partial charge in [-0.2, -0.15) is 0 Å². The van der Waals surface area contributed by atoms with Gasteiger partial charge < -0.3 is 10.8 Å². The quantitative estimate of drug-likeness (QED) is 0.696. The molecular weight excluding hydrogens is 300 g/mol. The molecule has 1 aromatic rings. The number of nitrogens with one attached hydrogen (secondary N) is 1. The summed E-state index contributed by atoms with van der Waals surface area (Å²) in [6.07, 6.45) is 2.51. The summed E-state index contributed by atoms with van der Waals surface area (Å²) >= 11 is 5.87. The number of rotatable bonds is 6. The lowest BCUT2D eigenvalue weighted by Crippen LogP contribution is -2.31. The van der Waals surface area contributed by atoms with Crippen molar-refractivity contribution < 1.29 is 13.5 Å². The van der Waals surface area contributed by atoms with Gasteiger partial charge in [0.25, 0.3) is 0 Å². The van der Waals surface area contributed by atoms with Crippen molar-refractivity contribution in [1.82, 2.24) is 4.72 Å². The second kappa shape index (κ2) is 5.52. The molecule has 5 nitrogen and oxygen atoms in total. The second-order valence-corrected chi connectivity index (χ2v) is 7.58.